The van der Waals surface area contributed by atoms with Crippen molar-refractivity contribution in [2.75, 3.05) is 12.4 Å². The van der Waals surface area contributed by atoms with Gasteiger partial charge in [-0.25, -0.2) is 9.59 Å². The zero-order valence-electron chi connectivity index (χ0n) is 16.0. The summed E-state index contributed by atoms with van der Waals surface area (Å²) in [6.45, 7) is 3.88. The van der Waals surface area contributed by atoms with Crippen molar-refractivity contribution in [3.63, 3.8) is 0 Å². The molecular weight excluding hydrogens is 356 g/mol. The van der Waals surface area contributed by atoms with Crippen molar-refractivity contribution in [2.45, 2.75) is 19.9 Å². The first kappa shape index (κ1) is 19.2. The Morgan fingerprint density at radius 2 is 1.50 bits per heavy atom. The molecular formula is C22H22N2O4. The van der Waals surface area contributed by atoms with E-state index >= 15 is 0 Å². The van der Waals surface area contributed by atoms with Gasteiger partial charge in [0, 0.05) is 11.6 Å². The van der Waals surface area contributed by atoms with Crippen molar-refractivity contribution in [1.82, 2.24) is 4.57 Å². The standard InChI is InChI=1S/C22H22N2O4/c1-14(2)24-19(16-12-8-5-9-13-16)17(15-10-6-4-7-11-15)18(21(25)28-3)20(24)23-22(26)27/h4-14,23H,1-3H3,(H,26,27). The number of benzene rings is 2. The predicted molar refractivity (Wildman–Crippen MR) is 109 cm³/mol. The lowest BCUT2D eigenvalue weighted by Gasteiger charge is -2.18. The molecule has 3 rings (SSSR count). The summed E-state index contributed by atoms with van der Waals surface area (Å²) in [4.78, 5) is 24.3. The first-order valence-corrected chi connectivity index (χ1v) is 8.93. The molecule has 3 aromatic rings. The fourth-order valence-corrected chi connectivity index (χ4v) is 3.40. The highest BCUT2D eigenvalue weighted by Crippen LogP contribution is 2.44. The molecule has 1 amide bonds. The summed E-state index contributed by atoms with van der Waals surface area (Å²) in [6.07, 6.45) is -1.25. The number of anilines is 1. The Balaban J connectivity index is 2.50. The number of aromatic nitrogens is 1. The summed E-state index contributed by atoms with van der Waals surface area (Å²) >= 11 is 0. The molecule has 0 unspecified atom stereocenters. The van der Waals surface area contributed by atoms with E-state index in [-0.39, 0.29) is 17.4 Å². The Hall–Kier alpha value is -3.54. The van der Waals surface area contributed by atoms with E-state index in [1.54, 1.807) is 0 Å². The highest BCUT2D eigenvalue weighted by atomic mass is 16.5. The molecule has 0 spiro atoms. The quantitative estimate of drug-likeness (QED) is 0.592. The van der Waals surface area contributed by atoms with Crippen LogP contribution in [0, 0.1) is 0 Å². The maximum Gasteiger partial charge on any atom is 0.410 e. The zero-order valence-corrected chi connectivity index (χ0v) is 16.0. The summed E-state index contributed by atoms with van der Waals surface area (Å²) in [5, 5.41) is 11.8. The van der Waals surface area contributed by atoms with Gasteiger partial charge in [0.05, 0.1) is 12.8 Å². The van der Waals surface area contributed by atoms with Crippen LogP contribution >= 0.6 is 0 Å². The first-order valence-electron chi connectivity index (χ1n) is 8.93. The third kappa shape index (κ3) is 3.49. The van der Waals surface area contributed by atoms with Crippen LogP contribution < -0.4 is 5.32 Å². The van der Waals surface area contributed by atoms with Gasteiger partial charge in [0.15, 0.2) is 0 Å². The van der Waals surface area contributed by atoms with Gasteiger partial charge in [-0.2, -0.15) is 0 Å². The van der Waals surface area contributed by atoms with Crippen LogP contribution in [0.15, 0.2) is 60.7 Å². The largest absolute Gasteiger partial charge is 0.465 e. The minimum atomic E-state index is -1.25. The topological polar surface area (TPSA) is 80.6 Å². The lowest BCUT2D eigenvalue weighted by Crippen LogP contribution is -2.17. The number of hydrogen-bond donors (Lipinski definition) is 2. The first-order chi connectivity index (χ1) is 13.5. The van der Waals surface area contributed by atoms with Crippen LogP contribution in [-0.4, -0.2) is 28.8 Å². The van der Waals surface area contributed by atoms with E-state index in [1.807, 2.05) is 79.1 Å². The summed E-state index contributed by atoms with van der Waals surface area (Å²) in [7, 11) is 1.29. The zero-order chi connectivity index (χ0) is 20.3. The lowest BCUT2D eigenvalue weighted by molar-refractivity contribution is 0.0603. The van der Waals surface area contributed by atoms with E-state index in [4.69, 9.17) is 4.74 Å². The highest BCUT2D eigenvalue weighted by molar-refractivity contribution is 6.09. The number of hydrogen-bond acceptors (Lipinski definition) is 3. The molecule has 0 saturated carbocycles. The number of nitrogens with zero attached hydrogens (tertiary/aromatic N) is 1. The molecule has 2 N–H and O–H groups in total. The molecule has 28 heavy (non-hydrogen) atoms. The van der Waals surface area contributed by atoms with E-state index < -0.39 is 12.1 Å². The second-order valence-corrected chi connectivity index (χ2v) is 6.56. The van der Waals surface area contributed by atoms with E-state index in [9.17, 15) is 14.7 Å². The monoisotopic (exact) mass is 378 g/mol. The Labute approximate surface area is 163 Å². The third-order valence-corrected chi connectivity index (χ3v) is 4.45. The van der Waals surface area contributed by atoms with Gasteiger partial charge in [0.1, 0.15) is 11.4 Å². The second-order valence-electron chi connectivity index (χ2n) is 6.56. The molecule has 6 heteroatoms. The normalized spacial score (nSPS) is 10.7. The molecule has 0 saturated heterocycles. The molecule has 2 aromatic carbocycles. The maximum absolute atomic E-state index is 12.8. The van der Waals surface area contributed by atoms with Crippen LogP contribution in [0.1, 0.15) is 30.2 Å². The molecule has 0 fully saturated rings. The summed E-state index contributed by atoms with van der Waals surface area (Å²) in [5.74, 6) is -0.397. The number of carboxylic acid groups (broad SMARTS) is 1. The van der Waals surface area contributed by atoms with Gasteiger partial charge in [-0.1, -0.05) is 60.7 Å². The van der Waals surface area contributed by atoms with Crippen LogP contribution in [0.25, 0.3) is 22.4 Å². The van der Waals surface area contributed by atoms with Crippen LogP contribution in [0.5, 0.6) is 0 Å². The molecule has 0 aliphatic carbocycles. The number of carbonyl (C=O) groups excluding carboxylic acids is 1. The van der Waals surface area contributed by atoms with Gasteiger partial charge in [0.25, 0.3) is 0 Å². The molecule has 0 radical (unpaired) electrons. The van der Waals surface area contributed by atoms with E-state index in [1.165, 1.54) is 7.11 Å². The molecule has 0 aliphatic heterocycles. The molecule has 1 aromatic heterocycles. The Bertz CT molecular complexity index is 992. The maximum atomic E-state index is 12.8. The van der Waals surface area contributed by atoms with Gasteiger partial charge < -0.3 is 14.4 Å². The number of carbonyl (C=O) groups is 2. The molecule has 0 bridgehead atoms. The fourth-order valence-electron chi connectivity index (χ4n) is 3.40. The minimum absolute atomic E-state index is 0.113. The Morgan fingerprint density at radius 1 is 0.964 bits per heavy atom. The molecule has 144 valence electrons. The smallest absolute Gasteiger partial charge is 0.410 e. The molecule has 0 atom stereocenters. The number of ether oxygens (including phenoxy) is 1. The second kappa shape index (κ2) is 8.00. The highest BCUT2D eigenvalue weighted by Gasteiger charge is 2.31. The van der Waals surface area contributed by atoms with Gasteiger partial charge in [-0.05, 0) is 25.0 Å². The van der Waals surface area contributed by atoms with E-state index in [0.29, 0.717) is 5.56 Å². The average molecular weight is 378 g/mol. The number of rotatable bonds is 5. The number of esters is 1. The van der Waals surface area contributed by atoms with Crippen LogP contribution in [0.3, 0.4) is 0 Å². The van der Waals surface area contributed by atoms with Crippen molar-refractivity contribution in [1.29, 1.82) is 0 Å². The van der Waals surface area contributed by atoms with Gasteiger partial charge in [-0.15, -0.1) is 0 Å². The van der Waals surface area contributed by atoms with Crippen LogP contribution in [-0.2, 0) is 4.74 Å². The summed E-state index contributed by atoms with van der Waals surface area (Å²) in [6, 6.07) is 18.9. The minimum Gasteiger partial charge on any atom is -0.465 e. The number of methoxy groups -OCH3 is 1. The fraction of sp³-hybridized carbons (Fsp3) is 0.182. The summed E-state index contributed by atoms with van der Waals surface area (Å²) in [5.41, 5.74) is 3.26. The van der Waals surface area contributed by atoms with Gasteiger partial charge in [-0.3, -0.25) is 5.32 Å². The van der Waals surface area contributed by atoms with E-state index in [2.05, 4.69) is 5.32 Å². The van der Waals surface area contributed by atoms with Crippen molar-refractivity contribution in [2.24, 2.45) is 0 Å². The molecule has 0 aliphatic rings. The van der Waals surface area contributed by atoms with Crippen molar-refractivity contribution in [3.05, 3.63) is 66.2 Å². The number of amides is 1. The van der Waals surface area contributed by atoms with Crippen molar-refractivity contribution >= 4 is 17.9 Å². The van der Waals surface area contributed by atoms with Crippen LogP contribution in [0.2, 0.25) is 0 Å². The Kier molecular flexibility index (Phi) is 5.49. The predicted octanol–water partition coefficient (Wildman–Crippen LogP) is 5.28. The Morgan fingerprint density at radius 3 is 1.96 bits per heavy atom. The van der Waals surface area contributed by atoms with Gasteiger partial charge >= 0.3 is 12.1 Å². The van der Waals surface area contributed by atoms with Crippen LogP contribution in [0.4, 0.5) is 10.6 Å². The summed E-state index contributed by atoms with van der Waals surface area (Å²) < 4.78 is 6.85. The number of nitrogens with one attached hydrogen (secondary N) is 1. The van der Waals surface area contributed by atoms with Crippen molar-refractivity contribution < 1.29 is 19.4 Å². The lowest BCUT2D eigenvalue weighted by atomic mass is 9.97. The third-order valence-electron chi connectivity index (χ3n) is 4.45. The molecule has 1 heterocycles. The average Bonchev–Trinajstić information content (AvgIpc) is 3.03. The SMILES string of the molecule is COC(=O)c1c(-c2ccccc2)c(-c2ccccc2)n(C(C)C)c1NC(=O)O. The van der Waals surface area contributed by atoms with Crippen molar-refractivity contribution in [3.8, 4) is 22.4 Å². The molecule has 6 nitrogen and oxygen atoms in total. The van der Waals surface area contributed by atoms with Gasteiger partial charge in [0.2, 0.25) is 0 Å². The van der Waals surface area contributed by atoms with E-state index in [0.717, 1.165) is 16.8 Å².